The molecule has 1 atom stereocenters. The number of carbonyl (C=O) groups is 1. The Kier molecular flexibility index (Phi) is 2.63. The fourth-order valence-corrected chi connectivity index (χ4v) is 2.53. The molecule has 1 aliphatic heterocycles. The zero-order valence-electron chi connectivity index (χ0n) is 8.76. The van der Waals surface area contributed by atoms with E-state index in [0.29, 0.717) is 24.6 Å². The van der Waals surface area contributed by atoms with Gasteiger partial charge in [-0.2, -0.15) is 17.6 Å². The summed E-state index contributed by atoms with van der Waals surface area (Å²) >= 11 is 7.67. The summed E-state index contributed by atoms with van der Waals surface area (Å²) in [6.07, 6.45) is 0.436. The molecule has 0 N–H and O–H groups in total. The highest BCUT2D eigenvalue weighted by molar-refractivity contribution is 9.10. The molecule has 4 nitrogen and oxygen atoms in total. The summed E-state index contributed by atoms with van der Waals surface area (Å²) in [5, 5.41) is 0.0595. The highest BCUT2D eigenvalue weighted by Crippen LogP contribution is 2.28. The van der Waals surface area contributed by atoms with Gasteiger partial charge in [0.05, 0.1) is 0 Å². The van der Waals surface area contributed by atoms with Crippen molar-refractivity contribution in [2.45, 2.75) is 11.7 Å². The van der Waals surface area contributed by atoms with E-state index in [1.807, 2.05) is 18.2 Å². The topological polar surface area (TPSA) is 46.3 Å². The van der Waals surface area contributed by atoms with Crippen LogP contribution in [0.1, 0.15) is 6.42 Å². The summed E-state index contributed by atoms with van der Waals surface area (Å²) in [7, 11) is 0. The average Bonchev–Trinajstić information content (AvgIpc) is 2.80. The largest absolute Gasteiger partial charge is 0.423 e. The van der Waals surface area contributed by atoms with Crippen molar-refractivity contribution < 1.29 is 9.21 Å². The van der Waals surface area contributed by atoms with Gasteiger partial charge in [-0.15, -0.1) is 0 Å². The van der Waals surface area contributed by atoms with E-state index in [0.717, 1.165) is 9.99 Å². The first-order valence-corrected chi connectivity index (χ1v) is 6.49. The van der Waals surface area contributed by atoms with Gasteiger partial charge in [0.2, 0.25) is 5.91 Å². The SMILES string of the molecule is O=C1CC(S)CN1c1nc2ccc(Br)cc2o1. The van der Waals surface area contributed by atoms with Crippen molar-refractivity contribution in [2.75, 3.05) is 11.4 Å². The van der Waals surface area contributed by atoms with E-state index in [9.17, 15) is 4.79 Å². The number of nitrogens with zero attached hydrogens (tertiary/aromatic N) is 2. The Labute approximate surface area is 112 Å². The number of anilines is 1. The predicted octanol–water partition coefficient (Wildman–Crippen LogP) is 2.63. The van der Waals surface area contributed by atoms with Crippen LogP contribution in [0.3, 0.4) is 0 Å². The molecule has 0 radical (unpaired) electrons. The first-order chi connectivity index (χ1) is 8.13. The lowest BCUT2D eigenvalue weighted by molar-refractivity contribution is -0.117. The monoisotopic (exact) mass is 312 g/mol. The van der Waals surface area contributed by atoms with Gasteiger partial charge in [0, 0.05) is 22.7 Å². The molecule has 2 heterocycles. The number of rotatable bonds is 1. The predicted molar refractivity (Wildman–Crippen MR) is 71.5 cm³/mol. The third-order valence-corrected chi connectivity index (χ3v) is 3.51. The van der Waals surface area contributed by atoms with Crippen molar-refractivity contribution in [3.05, 3.63) is 22.7 Å². The number of amides is 1. The van der Waals surface area contributed by atoms with Gasteiger partial charge in [0.15, 0.2) is 5.58 Å². The summed E-state index contributed by atoms with van der Waals surface area (Å²) in [4.78, 5) is 17.5. The normalized spacial score (nSPS) is 20.5. The molecule has 6 heteroatoms. The van der Waals surface area contributed by atoms with Crippen LogP contribution < -0.4 is 4.90 Å². The van der Waals surface area contributed by atoms with Crippen molar-refractivity contribution in [2.24, 2.45) is 0 Å². The lowest BCUT2D eigenvalue weighted by atomic mass is 10.3. The molecule has 1 amide bonds. The molecule has 2 aromatic rings. The maximum Gasteiger partial charge on any atom is 0.305 e. The lowest BCUT2D eigenvalue weighted by Gasteiger charge is -2.09. The highest BCUT2D eigenvalue weighted by Gasteiger charge is 2.31. The van der Waals surface area contributed by atoms with Gasteiger partial charge in [-0.05, 0) is 18.2 Å². The van der Waals surface area contributed by atoms with Crippen LogP contribution >= 0.6 is 28.6 Å². The van der Waals surface area contributed by atoms with Crippen LogP contribution in [0.5, 0.6) is 0 Å². The second kappa shape index (κ2) is 4.03. The first-order valence-electron chi connectivity index (χ1n) is 5.18. The Hall–Kier alpha value is -1.01. The molecular weight excluding hydrogens is 304 g/mol. The number of thiol groups is 1. The Bertz CT molecular complexity index is 598. The van der Waals surface area contributed by atoms with Gasteiger partial charge in [0.1, 0.15) is 5.52 Å². The number of benzene rings is 1. The second-order valence-electron chi connectivity index (χ2n) is 3.97. The minimum atomic E-state index is 0.00984. The molecule has 1 aliphatic rings. The quantitative estimate of drug-likeness (QED) is 0.823. The maximum atomic E-state index is 11.7. The van der Waals surface area contributed by atoms with Gasteiger partial charge < -0.3 is 4.42 Å². The zero-order valence-corrected chi connectivity index (χ0v) is 11.2. The number of halogens is 1. The molecular formula is C11H9BrN2O2S. The zero-order chi connectivity index (χ0) is 12.0. The lowest BCUT2D eigenvalue weighted by Crippen LogP contribution is -2.24. The summed E-state index contributed by atoms with van der Waals surface area (Å²) in [6, 6.07) is 5.94. The summed E-state index contributed by atoms with van der Waals surface area (Å²) in [5.41, 5.74) is 1.42. The average molecular weight is 313 g/mol. The van der Waals surface area contributed by atoms with Crippen LogP contribution in [0, 0.1) is 0 Å². The van der Waals surface area contributed by atoms with Gasteiger partial charge in [-0.25, -0.2) is 0 Å². The molecule has 1 fully saturated rings. The molecule has 1 aromatic carbocycles. The fourth-order valence-electron chi connectivity index (χ4n) is 1.88. The smallest absolute Gasteiger partial charge is 0.305 e. The Morgan fingerprint density at radius 1 is 1.53 bits per heavy atom. The molecule has 1 saturated heterocycles. The van der Waals surface area contributed by atoms with E-state index >= 15 is 0 Å². The molecule has 17 heavy (non-hydrogen) atoms. The Morgan fingerprint density at radius 2 is 2.35 bits per heavy atom. The van der Waals surface area contributed by atoms with Crippen molar-refractivity contribution >= 4 is 51.6 Å². The van der Waals surface area contributed by atoms with Gasteiger partial charge in [-0.3, -0.25) is 9.69 Å². The minimum absolute atomic E-state index is 0.00984. The fraction of sp³-hybridized carbons (Fsp3) is 0.273. The van der Waals surface area contributed by atoms with Crippen molar-refractivity contribution in [3.63, 3.8) is 0 Å². The number of oxazole rings is 1. The Balaban J connectivity index is 2.03. The highest BCUT2D eigenvalue weighted by atomic mass is 79.9. The van der Waals surface area contributed by atoms with Gasteiger partial charge >= 0.3 is 6.01 Å². The molecule has 1 aromatic heterocycles. The molecule has 88 valence electrons. The molecule has 0 spiro atoms. The standard InChI is InChI=1S/C11H9BrN2O2S/c12-6-1-2-8-9(3-6)16-11(13-8)14-5-7(17)4-10(14)15/h1-3,7,17H,4-5H2. The van der Waals surface area contributed by atoms with Crippen LogP contribution in [-0.2, 0) is 4.79 Å². The summed E-state index contributed by atoms with van der Waals surface area (Å²) < 4.78 is 6.51. The van der Waals surface area contributed by atoms with Crippen LogP contribution in [0.15, 0.2) is 27.1 Å². The Morgan fingerprint density at radius 3 is 3.06 bits per heavy atom. The number of fused-ring (bicyclic) bond motifs is 1. The second-order valence-corrected chi connectivity index (χ2v) is 5.62. The summed E-state index contributed by atoms with van der Waals surface area (Å²) in [5.74, 6) is 0.00984. The first kappa shape index (κ1) is 11.1. The van der Waals surface area contributed by atoms with Crippen LogP contribution in [0.2, 0.25) is 0 Å². The van der Waals surface area contributed by atoms with E-state index in [4.69, 9.17) is 4.42 Å². The van der Waals surface area contributed by atoms with Crippen molar-refractivity contribution in [3.8, 4) is 0 Å². The molecule has 0 aliphatic carbocycles. The van der Waals surface area contributed by atoms with Crippen LogP contribution in [0.25, 0.3) is 11.1 Å². The van der Waals surface area contributed by atoms with E-state index < -0.39 is 0 Å². The van der Waals surface area contributed by atoms with E-state index in [-0.39, 0.29) is 11.2 Å². The minimum Gasteiger partial charge on any atom is -0.423 e. The third-order valence-electron chi connectivity index (χ3n) is 2.67. The van der Waals surface area contributed by atoms with E-state index in [1.54, 1.807) is 4.90 Å². The third kappa shape index (κ3) is 1.95. The van der Waals surface area contributed by atoms with E-state index in [2.05, 4.69) is 33.5 Å². The number of aromatic nitrogens is 1. The maximum absolute atomic E-state index is 11.7. The summed E-state index contributed by atoms with van der Waals surface area (Å²) in [6.45, 7) is 0.552. The molecule has 3 rings (SSSR count). The van der Waals surface area contributed by atoms with Crippen molar-refractivity contribution in [1.29, 1.82) is 0 Å². The number of carbonyl (C=O) groups excluding carboxylic acids is 1. The van der Waals surface area contributed by atoms with Gasteiger partial charge in [-0.1, -0.05) is 15.9 Å². The van der Waals surface area contributed by atoms with Gasteiger partial charge in [0.25, 0.3) is 0 Å². The number of hydrogen-bond donors (Lipinski definition) is 1. The van der Waals surface area contributed by atoms with Crippen LogP contribution in [-0.4, -0.2) is 22.7 Å². The van der Waals surface area contributed by atoms with E-state index in [1.165, 1.54) is 0 Å². The molecule has 1 unspecified atom stereocenters. The van der Waals surface area contributed by atoms with Crippen molar-refractivity contribution in [1.82, 2.24) is 4.98 Å². The molecule has 0 bridgehead atoms. The van der Waals surface area contributed by atoms with Crippen LogP contribution in [0.4, 0.5) is 6.01 Å². The molecule has 0 saturated carbocycles. The number of hydrogen-bond acceptors (Lipinski definition) is 4.